The Morgan fingerprint density at radius 2 is 1.54 bits per heavy atom. The van der Waals surface area contributed by atoms with Crippen LogP contribution in [0.5, 0.6) is 0 Å². The third-order valence-corrected chi connectivity index (χ3v) is 6.67. The first-order valence-corrected chi connectivity index (χ1v) is 11.1. The van der Waals surface area contributed by atoms with E-state index in [1.807, 2.05) is 59.2 Å². The molecule has 1 N–H and O–H groups in total. The van der Waals surface area contributed by atoms with Crippen molar-refractivity contribution in [3.05, 3.63) is 117 Å². The smallest absolute Gasteiger partial charge is 0.331 e. The van der Waals surface area contributed by atoms with Gasteiger partial charge in [-0.1, -0.05) is 54.6 Å². The number of rotatable bonds is 2. The summed E-state index contributed by atoms with van der Waals surface area (Å²) in [4.78, 5) is 26.6. The average molecular weight is 470 g/mol. The Kier molecular flexibility index (Phi) is 4.54. The molecule has 174 valence electrons. The van der Waals surface area contributed by atoms with E-state index in [-0.39, 0.29) is 5.56 Å². The Morgan fingerprint density at radius 3 is 2.31 bits per heavy atom. The van der Waals surface area contributed by atoms with E-state index in [2.05, 4.69) is 5.32 Å². The molecule has 1 atom stereocenters. The maximum Gasteiger partial charge on any atom is 0.331 e. The van der Waals surface area contributed by atoms with E-state index in [9.17, 15) is 14.0 Å². The lowest BCUT2D eigenvalue weighted by atomic mass is 9.98. The van der Waals surface area contributed by atoms with Crippen molar-refractivity contribution in [3.8, 4) is 16.9 Å². The van der Waals surface area contributed by atoms with E-state index < -0.39 is 28.9 Å². The van der Waals surface area contributed by atoms with Crippen LogP contribution in [0.2, 0.25) is 0 Å². The molecule has 8 heteroatoms. The van der Waals surface area contributed by atoms with Crippen molar-refractivity contribution < 1.29 is 8.78 Å². The number of fused-ring (bicyclic) bond motifs is 5. The second-order valence-electron chi connectivity index (χ2n) is 8.60. The molecule has 0 spiro atoms. The largest absolute Gasteiger partial charge is 0.371 e. The van der Waals surface area contributed by atoms with Gasteiger partial charge < -0.3 is 9.88 Å². The first-order valence-electron chi connectivity index (χ1n) is 11.1. The van der Waals surface area contributed by atoms with Gasteiger partial charge in [0.05, 0.1) is 39.7 Å². The van der Waals surface area contributed by atoms with Gasteiger partial charge in [-0.15, -0.1) is 0 Å². The molecule has 0 radical (unpaired) electrons. The van der Waals surface area contributed by atoms with E-state index in [0.717, 1.165) is 21.9 Å². The van der Waals surface area contributed by atoms with Gasteiger partial charge >= 0.3 is 5.69 Å². The summed E-state index contributed by atoms with van der Waals surface area (Å²) in [6.45, 7) is 0. The molecular weight excluding hydrogens is 450 g/mol. The van der Waals surface area contributed by atoms with E-state index >= 15 is 4.39 Å². The van der Waals surface area contributed by atoms with Crippen LogP contribution in [0.3, 0.4) is 0 Å². The molecule has 3 heterocycles. The zero-order valence-electron chi connectivity index (χ0n) is 18.9. The Hall–Kier alpha value is -4.46. The molecule has 0 bridgehead atoms. The zero-order chi connectivity index (χ0) is 24.4. The Labute approximate surface area is 198 Å². The Morgan fingerprint density at radius 1 is 0.829 bits per heavy atom. The molecule has 0 saturated heterocycles. The number of hydrogen-bond donors (Lipinski definition) is 1. The van der Waals surface area contributed by atoms with Crippen LogP contribution in [0.25, 0.3) is 27.8 Å². The number of aryl methyl sites for hydroxylation is 1. The predicted molar refractivity (Wildman–Crippen MR) is 131 cm³/mol. The maximum absolute atomic E-state index is 15.2. The van der Waals surface area contributed by atoms with Gasteiger partial charge in [0.1, 0.15) is 0 Å². The molecule has 35 heavy (non-hydrogen) atoms. The lowest BCUT2D eigenvalue weighted by Crippen LogP contribution is -2.37. The maximum atomic E-state index is 15.2. The van der Waals surface area contributed by atoms with Gasteiger partial charge in [-0.2, -0.15) is 0 Å². The van der Waals surface area contributed by atoms with Crippen LogP contribution < -0.4 is 16.6 Å². The zero-order valence-corrected chi connectivity index (χ0v) is 18.9. The molecule has 3 aromatic carbocycles. The second-order valence-corrected chi connectivity index (χ2v) is 8.60. The van der Waals surface area contributed by atoms with Crippen molar-refractivity contribution >= 4 is 16.6 Å². The molecule has 5 aromatic rings. The normalized spacial score (nSPS) is 14.5. The lowest BCUT2D eigenvalue weighted by molar-refractivity contribution is 0.495. The quantitative estimate of drug-likeness (QED) is 0.414. The van der Waals surface area contributed by atoms with Crippen LogP contribution in [0.1, 0.15) is 17.3 Å². The highest BCUT2D eigenvalue weighted by Crippen LogP contribution is 2.45. The van der Waals surface area contributed by atoms with Crippen molar-refractivity contribution in [2.45, 2.75) is 6.04 Å². The minimum atomic E-state index is -0.986. The summed E-state index contributed by atoms with van der Waals surface area (Å²) in [6.07, 6.45) is 0. The van der Waals surface area contributed by atoms with E-state index in [0.29, 0.717) is 28.0 Å². The number of halogens is 2. The highest BCUT2D eigenvalue weighted by molar-refractivity contribution is 5.99. The third-order valence-electron chi connectivity index (χ3n) is 6.67. The van der Waals surface area contributed by atoms with Crippen LogP contribution in [-0.4, -0.2) is 13.7 Å². The average Bonchev–Trinajstić information content (AvgIpc) is 3.24. The summed E-state index contributed by atoms with van der Waals surface area (Å²) in [5, 5.41) is 3.65. The number of nitrogens with zero attached hydrogens (tertiary/aromatic N) is 3. The fourth-order valence-corrected chi connectivity index (χ4v) is 5.06. The fraction of sp³-hybridized carbons (Fsp3) is 0.111. The molecular formula is C27H20F2N4O2. The molecule has 6 nitrogen and oxygen atoms in total. The third kappa shape index (κ3) is 2.86. The van der Waals surface area contributed by atoms with Gasteiger partial charge in [0.15, 0.2) is 11.6 Å². The standard InChI is InChI=1S/C27H20F2N4O2/c1-31-24-20(26(34)32(2)27(31)35)23(15-9-4-3-5-10-15)33-19-14-7-6-13-18(19)30-22(25(24)33)16-11-8-12-17(28)21(16)29/h3-14,22,30H,1-2H3/t22-/m1/s1. The van der Waals surface area contributed by atoms with Gasteiger partial charge in [0, 0.05) is 19.7 Å². The van der Waals surface area contributed by atoms with Gasteiger partial charge in [0.25, 0.3) is 5.56 Å². The minimum Gasteiger partial charge on any atom is -0.371 e. The number of hydrogen-bond acceptors (Lipinski definition) is 3. The molecule has 0 saturated carbocycles. The van der Waals surface area contributed by atoms with E-state index in [1.54, 1.807) is 7.05 Å². The highest BCUT2D eigenvalue weighted by Gasteiger charge is 2.36. The summed E-state index contributed by atoms with van der Waals surface area (Å²) in [7, 11) is 3.02. The topological polar surface area (TPSA) is 61.0 Å². The van der Waals surface area contributed by atoms with Crippen molar-refractivity contribution in [1.82, 2.24) is 13.7 Å². The van der Waals surface area contributed by atoms with E-state index in [1.165, 1.54) is 23.7 Å². The molecule has 6 rings (SSSR count). The van der Waals surface area contributed by atoms with Gasteiger partial charge in [0.2, 0.25) is 0 Å². The van der Waals surface area contributed by atoms with Crippen molar-refractivity contribution in [1.29, 1.82) is 0 Å². The Bertz CT molecular complexity index is 1770. The first-order chi connectivity index (χ1) is 16.9. The van der Waals surface area contributed by atoms with Crippen molar-refractivity contribution in [2.75, 3.05) is 5.32 Å². The molecule has 2 aromatic heterocycles. The summed E-state index contributed by atoms with van der Waals surface area (Å²) >= 11 is 0. The number of nitrogens with one attached hydrogen (secondary N) is 1. The molecule has 1 aliphatic rings. The highest BCUT2D eigenvalue weighted by atomic mass is 19.2. The predicted octanol–water partition coefficient (Wildman–Crippen LogP) is 4.49. The van der Waals surface area contributed by atoms with Crippen LogP contribution in [0.15, 0.2) is 82.4 Å². The van der Waals surface area contributed by atoms with E-state index in [4.69, 9.17) is 0 Å². The summed E-state index contributed by atoms with van der Waals surface area (Å²) in [5.74, 6) is -1.96. The van der Waals surface area contributed by atoms with Crippen LogP contribution in [0, 0.1) is 11.6 Å². The molecule has 0 amide bonds. The van der Waals surface area contributed by atoms with Crippen molar-refractivity contribution in [3.63, 3.8) is 0 Å². The van der Waals surface area contributed by atoms with Gasteiger partial charge in [-0.05, 0) is 23.8 Å². The number of anilines is 1. The molecule has 1 aliphatic heterocycles. The van der Waals surface area contributed by atoms with Crippen molar-refractivity contribution in [2.24, 2.45) is 14.1 Å². The molecule has 0 unspecified atom stereocenters. The molecule has 0 aliphatic carbocycles. The molecule has 0 fully saturated rings. The lowest BCUT2D eigenvalue weighted by Gasteiger charge is -2.31. The minimum absolute atomic E-state index is 0.0768. The number of aromatic nitrogens is 3. The van der Waals surface area contributed by atoms with Crippen LogP contribution >= 0.6 is 0 Å². The number of para-hydroxylation sites is 2. The van der Waals surface area contributed by atoms with Gasteiger partial charge in [-0.25, -0.2) is 13.6 Å². The van der Waals surface area contributed by atoms with Crippen LogP contribution in [-0.2, 0) is 14.1 Å². The second kappa shape index (κ2) is 7.53. The van der Waals surface area contributed by atoms with Gasteiger partial charge in [-0.3, -0.25) is 13.9 Å². The summed E-state index contributed by atoms with van der Waals surface area (Å²) < 4.78 is 33.8. The monoisotopic (exact) mass is 470 g/mol. The van der Waals surface area contributed by atoms with Crippen LogP contribution in [0.4, 0.5) is 14.5 Å². The summed E-state index contributed by atoms with van der Waals surface area (Å²) in [5.41, 5.74) is 2.73. The first kappa shape index (κ1) is 21.1. The SMILES string of the molecule is Cn1c(=O)c2c(-c3ccccc3)n3c(c2n(C)c1=O)[C@@H](c1cccc(F)c1F)Nc1ccccc1-3. The summed E-state index contributed by atoms with van der Waals surface area (Å²) in [6, 6.07) is 20.0. The number of benzene rings is 3. The Balaban J connectivity index is 1.88. The fourth-order valence-electron chi connectivity index (χ4n) is 5.06.